The second-order valence-corrected chi connectivity index (χ2v) is 5.97. The fourth-order valence-corrected chi connectivity index (χ4v) is 2.93. The maximum atomic E-state index is 5.41. The van der Waals surface area contributed by atoms with Crippen LogP contribution in [0.5, 0.6) is 11.5 Å². The van der Waals surface area contributed by atoms with Crippen molar-refractivity contribution < 1.29 is 9.47 Å². The van der Waals surface area contributed by atoms with Gasteiger partial charge in [0.15, 0.2) is 11.5 Å². The van der Waals surface area contributed by atoms with Gasteiger partial charge in [-0.3, -0.25) is 0 Å². The van der Waals surface area contributed by atoms with Gasteiger partial charge in [0.1, 0.15) is 0 Å². The first-order valence-corrected chi connectivity index (χ1v) is 7.58. The Morgan fingerprint density at radius 3 is 2.70 bits per heavy atom. The first-order valence-electron chi connectivity index (χ1n) is 7.58. The Morgan fingerprint density at radius 2 is 1.95 bits per heavy atom. The zero-order valence-electron chi connectivity index (χ0n) is 12.4. The highest BCUT2D eigenvalue weighted by atomic mass is 16.7. The molecule has 1 fully saturated rings. The predicted octanol–water partition coefficient (Wildman–Crippen LogP) is 2.38. The molecule has 0 spiro atoms. The van der Waals surface area contributed by atoms with Crippen molar-refractivity contribution in [2.45, 2.75) is 45.3 Å². The van der Waals surface area contributed by atoms with E-state index in [1.165, 1.54) is 31.5 Å². The van der Waals surface area contributed by atoms with Gasteiger partial charge in [0.05, 0.1) is 0 Å². The zero-order valence-corrected chi connectivity index (χ0v) is 12.4. The van der Waals surface area contributed by atoms with Gasteiger partial charge in [-0.05, 0) is 57.5 Å². The van der Waals surface area contributed by atoms with E-state index < -0.39 is 0 Å². The van der Waals surface area contributed by atoms with Crippen LogP contribution in [0.4, 0.5) is 0 Å². The summed E-state index contributed by atoms with van der Waals surface area (Å²) in [6, 6.07) is 7.50. The average molecular weight is 276 g/mol. The highest BCUT2D eigenvalue weighted by Crippen LogP contribution is 2.32. The summed E-state index contributed by atoms with van der Waals surface area (Å²) in [5.74, 6) is 1.73. The second-order valence-electron chi connectivity index (χ2n) is 5.97. The molecule has 0 amide bonds. The van der Waals surface area contributed by atoms with Gasteiger partial charge in [-0.1, -0.05) is 6.07 Å². The first kappa shape index (κ1) is 13.7. The van der Waals surface area contributed by atoms with Crippen LogP contribution in [0, 0.1) is 0 Å². The number of fused-ring (bicyclic) bond motifs is 1. The molecule has 2 aliphatic heterocycles. The molecule has 2 aliphatic rings. The van der Waals surface area contributed by atoms with E-state index >= 15 is 0 Å². The highest BCUT2D eigenvalue weighted by Gasteiger charge is 2.20. The molecule has 0 aromatic heterocycles. The molecule has 0 bridgehead atoms. The van der Waals surface area contributed by atoms with E-state index in [9.17, 15) is 0 Å². The van der Waals surface area contributed by atoms with Gasteiger partial charge in [-0.2, -0.15) is 0 Å². The van der Waals surface area contributed by atoms with Gasteiger partial charge in [0.2, 0.25) is 6.79 Å². The number of hydrogen-bond acceptors (Lipinski definition) is 4. The van der Waals surface area contributed by atoms with E-state index in [4.69, 9.17) is 9.47 Å². The van der Waals surface area contributed by atoms with Crippen molar-refractivity contribution in [3.63, 3.8) is 0 Å². The summed E-state index contributed by atoms with van der Waals surface area (Å²) < 4.78 is 10.7. The Hall–Kier alpha value is -1.26. The SMILES string of the molecule is CC(C)N1CCC(NCc2ccc3c(c2)OCO3)CC1. The van der Waals surface area contributed by atoms with E-state index in [2.05, 4.69) is 36.2 Å². The van der Waals surface area contributed by atoms with Crippen LogP contribution in [0.2, 0.25) is 0 Å². The molecule has 4 heteroatoms. The number of piperidine rings is 1. The summed E-state index contributed by atoms with van der Waals surface area (Å²) in [5, 5.41) is 3.67. The monoisotopic (exact) mass is 276 g/mol. The molecule has 0 unspecified atom stereocenters. The molecule has 0 atom stereocenters. The number of rotatable bonds is 4. The van der Waals surface area contributed by atoms with Crippen LogP contribution in [0.1, 0.15) is 32.3 Å². The molecule has 0 radical (unpaired) electrons. The van der Waals surface area contributed by atoms with E-state index in [1.54, 1.807) is 0 Å². The van der Waals surface area contributed by atoms with Crippen LogP contribution in [-0.4, -0.2) is 36.9 Å². The number of nitrogens with one attached hydrogen (secondary N) is 1. The van der Waals surface area contributed by atoms with Crippen LogP contribution in [-0.2, 0) is 6.54 Å². The third-order valence-corrected chi connectivity index (χ3v) is 4.29. The number of hydrogen-bond donors (Lipinski definition) is 1. The first-order chi connectivity index (χ1) is 9.72. The minimum Gasteiger partial charge on any atom is -0.454 e. The minimum absolute atomic E-state index is 0.347. The summed E-state index contributed by atoms with van der Waals surface area (Å²) in [7, 11) is 0. The van der Waals surface area contributed by atoms with E-state index in [0.717, 1.165) is 18.0 Å². The third-order valence-electron chi connectivity index (χ3n) is 4.29. The molecule has 20 heavy (non-hydrogen) atoms. The standard InChI is InChI=1S/C16H24N2O2/c1-12(2)18-7-5-14(6-8-18)17-10-13-3-4-15-16(9-13)20-11-19-15/h3-4,9,12,14,17H,5-8,10-11H2,1-2H3. The van der Waals surface area contributed by atoms with Gasteiger partial charge in [0, 0.05) is 18.6 Å². The van der Waals surface area contributed by atoms with Gasteiger partial charge >= 0.3 is 0 Å². The van der Waals surface area contributed by atoms with Crippen LogP contribution < -0.4 is 14.8 Å². The number of likely N-dealkylation sites (tertiary alicyclic amines) is 1. The Labute approximate surface area is 121 Å². The quantitative estimate of drug-likeness (QED) is 0.915. The molecular weight excluding hydrogens is 252 g/mol. The minimum atomic E-state index is 0.347. The summed E-state index contributed by atoms with van der Waals surface area (Å²) in [5.41, 5.74) is 1.26. The molecule has 0 aliphatic carbocycles. The van der Waals surface area contributed by atoms with Crippen molar-refractivity contribution in [1.29, 1.82) is 0 Å². The van der Waals surface area contributed by atoms with Gasteiger partial charge in [-0.15, -0.1) is 0 Å². The van der Waals surface area contributed by atoms with Crippen LogP contribution in [0.3, 0.4) is 0 Å². The Bertz CT molecular complexity index is 454. The number of benzene rings is 1. The fraction of sp³-hybridized carbons (Fsp3) is 0.625. The van der Waals surface area contributed by atoms with Gasteiger partial charge < -0.3 is 19.7 Å². The summed E-state index contributed by atoms with van der Waals surface area (Å²) in [4.78, 5) is 2.55. The predicted molar refractivity (Wildman–Crippen MR) is 79.1 cm³/mol. The zero-order chi connectivity index (χ0) is 13.9. The average Bonchev–Trinajstić information content (AvgIpc) is 2.93. The smallest absolute Gasteiger partial charge is 0.231 e. The lowest BCUT2D eigenvalue weighted by molar-refractivity contribution is 0.161. The fourth-order valence-electron chi connectivity index (χ4n) is 2.93. The second kappa shape index (κ2) is 6.02. The van der Waals surface area contributed by atoms with Crippen LogP contribution in [0.25, 0.3) is 0 Å². The van der Waals surface area contributed by atoms with E-state index in [-0.39, 0.29) is 0 Å². The van der Waals surface area contributed by atoms with Crippen molar-refractivity contribution in [2.75, 3.05) is 19.9 Å². The molecule has 1 aromatic carbocycles. The Morgan fingerprint density at radius 1 is 1.20 bits per heavy atom. The van der Waals surface area contributed by atoms with Gasteiger partial charge in [0.25, 0.3) is 0 Å². The normalized spacial score (nSPS) is 19.8. The summed E-state index contributed by atoms with van der Waals surface area (Å²) in [6.07, 6.45) is 2.48. The number of nitrogens with zero attached hydrogens (tertiary/aromatic N) is 1. The third kappa shape index (κ3) is 3.07. The number of ether oxygens (including phenoxy) is 2. The summed E-state index contributed by atoms with van der Waals surface area (Å²) in [6.45, 7) is 8.22. The molecule has 2 heterocycles. The van der Waals surface area contributed by atoms with E-state index in [0.29, 0.717) is 18.9 Å². The summed E-state index contributed by atoms with van der Waals surface area (Å²) >= 11 is 0. The lowest BCUT2D eigenvalue weighted by Gasteiger charge is -2.35. The molecule has 1 aromatic rings. The van der Waals surface area contributed by atoms with Crippen molar-refractivity contribution in [2.24, 2.45) is 0 Å². The van der Waals surface area contributed by atoms with Gasteiger partial charge in [-0.25, -0.2) is 0 Å². The topological polar surface area (TPSA) is 33.7 Å². The lowest BCUT2D eigenvalue weighted by atomic mass is 10.0. The Kier molecular flexibility index (Phi) is 4.13. The maximum absolute atomic E-state index is 5.41. The maximum Gasteiger partial charge on any atom is 0.231 e. The van der Waals surface area contributed by atoms with Crippen molar-refractivity contribution >= 4 is 0 Å². The Balaban J connectivity index is 1.48. The molecule has 110 valence electrons. The highest BCUT2D eigenvalue weighted by molar-refractivity contribution is 5.44. The van der Waals surface area contributed by atoms with Crippen molar-refractivity contribution in [3.8, 4) is 11.5 Å². The van der Waals surface area contributed by atoms with Crippen LogP contribution >= 0.6 is 0 Å². The largest absolute Gasteiger partial charge is 0.454 e. The molecule has 0 saturated carbocycles. The molecular formula is C16H24N2O2. The van der Waals surface area contributed by atoms with E-state index in [1.807, 2.05) is 6.07 Å². The molecule has 1 N–H and O–H groups in total. The van der Waals surface area contributed by atoms with Crippen molar-refractivity contribution in [3.05, 3.63) is 23.8 Å². The van der Waals surface area contributed by atoms with Crippen LogP contribution in [0.15, 0.2) is 18.2 Å². The molecule has 1 saturated heterocycles. The molecule has 3 rings (SSSR count). The van der Waals surface area contributed by atoms with Crippen molar-refractivity contribution in [1.82, 2.24) is 10.2 Å². The molecule has 4 nitrogen and oxygen atoms in total. The lowest BCUT2D eigenvalue weighted by Crippen LogP contribution is -2.44.